The molecule has 0 saturated carbocycles. The Morgan fingerprint density at radius 3 is 1.20 bits per heavy atom. The SMILES string of the molecule is CC1(C)OB(c2[te]c3ccccc3c2CCCCc2c(B3OC(C)(C)C(C)(C)O3)[te]c3ccccc23)OC1(C)C. The number of hydrogen-bond acceptors (Lipinski definition) is 4. The van der Waals surface area contributed by atoms with Crippen molar-refractivity contribution in [2.75, 3.05) is 0 Å². The van der Waals surface area contributed by atoms with Crippen LogP contribution in [0.1, 0.15) is 79.4 Å². The van der Waals surface area contributed by atoms with Gasteiger partial charge >= 0.3 is 261 Å². The van der Waals surface area contributed by atoms with E-state index in [0.717, 1.165) is 25.7 Å². The molecule has 4 nitrogen and oxygen atoms in total. The second-order valence-electron chi connectivity index (χ2n) is 13.3. The number of aryl methyl sites for hydroxylation is 2. The topological polar surface area (TPSA) is 36.9 Å². The minimum atomic E-state index is -0.507. The fourth-order valence-electron chi connectivity index (χ4n) is 5.64. The van der Waals surface area contributed by atoms with Crippen LogP contribution in [0.4, 0.5) is 0 Å². The number of rotatable bonds is 7. The Morgan fingerprint density at radius 1 is 0.525 bits per heavy atom. The summed E-state index contributed by atoms with van der Waals surface area (Å²) in [5, 5.41) is 2.87. The third-order valence-corrected chi connectivity index (χ3v) is 16.5. The van der Waals surface area contributed by atoms with Crippen molar-refractivity contribution in [1.82, 2.24) is 0 Å². The summed E-state index contributed by atoms with van der Waals surface area (Å²) < 4.78 is 32.2. The minimum absolute atomic E-state index is 0.222. The summed E-state index contributed by atoms with van der Waals surface area (Å²) in [5.41, 5.74) is 1.72. The predicted octanol–water partition coefficient (Wildman–Crippen LogP) is 5.27. The van der Waals surface area contributed by atoms with Gasteiger partial charge < -0.3 is 0 Å². The van der Waals surface area contributed by atoms with Gasteiger partial charge in [0, 0.05) is 0 Å². The quantitative estimate of drug-likeness (QED) is 0.190. The summed E-state index contributed by atoms with van der Waals surface area (Å²) in [6.07, 6.45) is 4.42. The van der Waals surface area contributed by atoms with Gasteiger partial charge in [0.25, 0.3) is 0 Å². The van der Waals surface area contributed by atoms with E-state index in [-0.39, 0.29) is 36.6 Å². The standard InChI is InChI=1S/C32H40B2O4Te2/c1-29(2)30(3,4)36-33(35-29)27-23(21-15-11-13-19-25(21)39-27)17-9-10-18-24-22-16-12-14-20-26(22)40-28(24)34-37-31(5,6)32(7,8)38-34/h11-16,19-20H,9-10,17-18H2,1-8H3. The van der Waals surface area contributed by atoms with E-state index in [4.69, 9.17) is 18.6 Å². The van der Waals surface area contributed by atoms with Crippen LogP contribution in [0.15, 0.2) is 48.5 Å². The summed E-state index contributed by atoms with van der Waals surface area (Å²) in [5.74, 6) is 0. The molecule has 0 atom stereocenters. The molecule has 0 aliphatic carbocycles. The molecule has 40 heavy (non-hydrogen) atoms. The van der Waals surface area contributed by atoms with Crippen molar-refractivity contribution < 1.29 is 18.6 Å². The second kappa shape index (κ2) is 10.6. The molecule has 2 aliphatic heterocycles. The molecule has 0 unspecified atom stereocenters. The number of fused-ring (bicyclic) bond motifs is 2. The van der Waals surface area contributed by atoms with Crippen LogP contribution in [-0.4, -0.2) is 77.5 Å². The van der Waals surface area contributed by atoms with E-state index >= 15 is 0 Å². The maximum atomic E-state index is 6.56. The van der Waals surface area contributed by atoms with Crippen LogP contribution in [0.5, 0.6) is 0 Å². The van der Waals surface area contributed by atoms with Gasteiger partial charge in [-0.3, -0.25) is 0 Å². The van der Waals surface area contributed by atoms with Gasteiger partial charge in [-0.25, -0.2) is 0 Å². The van der Waals surface area contributed by atoms with E-state index in [9.17, 15) is 0 Å². The predicted molar refractivity (Wildman–Crippen MR) is 170 cm³/mol. The molecule has 0 radical (unpaired) electrons. The Kier molecular flexibility index (Phi) is 7.81. The van der Waals surface area contributed by atoms with Gasteiger partial charge in [0.15, 0.2) is 0 Å². The van der Waals surface area contributed by atoms with E-state index in [1.165, 1.54) is 35.7 Å². The van der Waals surface area contributed by atoms with E-state index in [2.05, 4.69) is 104 Å². The van der Waals surface area contributed by atoms with Crippen molar-refractivity contribution >= 4 is 79.6 Å². The molecule has 4 aromatic rings. The molecule has 2 saturated heterocycles. The van der Waals surface area contributed by atoms with E-state index in [0.29, 0.717) is 0 Å². The molecule has 4 heterocycles. The summed E-state index contributed by atoms with van der Waals surface area (Å²) in [6, 6.07) is 18.0. The van der Waals surface area contributed by atoms with Gasteiger partial charge in [-0.1, -0.05) is 0 Å². The van der Waals surface area contributed by atoms with Crippen LogP contribution in [-0.2, 0) is 31.5 Å². The van der Waals surface area contributed by atoms with E-state index in [1.807, 2.05) is 0 Å². The first kappa shape index (κ1) is 29.5. The molecule has 2 aliphatic rings. The molecule has 2 fully saturated rings. The molecule has 2 aromatic heterocycles. The first-order chi connectivity index (χ1) is 18.8. The Labute approximate surface area is 259 Å². The van der Waals surface area contributed by atoms with Crippen molar-refractivity contribution in [3.05, 3.63) is 59.7 Å². The molecular weight excluding hydrogens is 725 g/mol. The molecule has 0 N–H and O–H groups in total. The zero-order valence-electron chi connectivity index (χ0n) is 25.1. The zero-order chi connectivity index (χ0) is 28.5. The summed E-state index contributed by atoms with van der Waals surface area (Å²) in [6.45, 7) is 17.3. The third kappa shape index (κ3) is 5.14. The van der Waals surface area contributed by atoms with Gasteiger partial charge in [0.2, 0.25) is 0 Å². The average molecular weight is 765 g/mol. The Morgan fingerprint density at radius 2 is 0.850 bits per heavy atom. The third-order valence-electron chi connectivity index (χ3n) is 9.50. The van der Waals surface area contributed by atoms with Crippen LogP contribution < -0.4 is 6.96 Å². The maximum absolute atomic E-state index is 6.56. The molecule has 210 valence electrons. The number of unbranched alkanes of at least 4 members (excludes halogenated alkanes) is 1. The molecular formula is C32H40B2O4Te2. The van der Waals surface area contributed by atoms with Crippen LogP contribution in [0.2, 0.25) is 0 Å². The molecule has 0 spiro atoms. The number of benzene rings is 2. The van der Waals surface area contributed by atoms with Crippen molar-refractivity contribution in [2.24, 2.45) is 0 Å². The van der Waals surface area contributed by atoms with Gasteiger partial charge in [0.05, 0.1) is 0 Å². The molecule has 2 aromatic carbocycles. The van der Waals surface area contributed by atoms with Gasteiger partial charge in [-0.2, -0.15) is 0 Å². The van der Waals surface area contributed by atoms with Gasteiger partial charge in [-0.15, -0.1) is 0 Å². The first-order valence-electron chi connectivity index (χ1n) is 14.5. The second-order valence-corrected chi connectivity index (χ2v) is 19.5. The Bertz CT molecular complexity index is 1400. The van der Waals surface area contributed by atoms with E-state index in [1.54, 1.807) is 0 Å². The Balaban J connectivity index is 1.24. The average Bonchev–Trinajstić information content (AvgIpc) is 3.55. The van der Waals surface area contributed by atoms with Crippen molar-refractivity contribution in [3.8, 4) is 0 Å². The fraction of sp³-hybridized carbons (Fsp3) is 0.500. The van der Waals surface area contributed by atoms with Crippen LogP contribution in [0.25, 0.3) is 17.6 Å². The summed E-state index contributed by atoms with van der Waals surface area (Å²) in [7, 11) is -0.445. The summed E-state index contributed by atoms with van der Waals surface area (Å²) >= 11 is -1.01. The normalized spacial score (nSPS) is 21.2. The fourth-order valence-corrected chi connectivity index (χ4v) is 12.6. The first-order valence-corrected chi connectivity index (χ1v) is 19.2. The van der Waals surface area contributed by atoms with E-state index < -0.39 is 40.9 Å². The van der Waals surface area contributed by atoms with Crippen molar-refractivity contribution in [1.29, 1.82) is 0 Å². The molecule has 8 heteroatoms. The number of hydrogen-bond donors (Lipinski definition) is 0. The molecule has 6 rings (SSSR count). The van der Waals surface area contributed by atoms with Crippen LogP contribution in [0, 0.1) is 0 Å². The van der Waals surface area contributed by atoms with Crippen LogP contribution >= 0.6 is 0 Å². The Hall–Kier alpha value is -0.531. The zero-order valence-corrected chi connectivity index (χ0v) is 29.7. The van der Waals surface area contributed by atoms with Crippen LogP contribution in [0.3, 0.4) is 0 Å². The van der Waals surface area contributed by atoms with Crippen molar-refractivity contribution in [2.45, 2.75) is 103 Å². The van der Waals surface area contributed by atoms with Crippen molar-refractivity contribution in [3.63, 3.8) is 0 Å². The monoisotopic (exact) mass is 770 g/mol. The van der Waals surface area contributed by atoms with Gasteiger partial charge in [-0.05, 0) is 0 Å². The summed E-state index contributed by atoms with van der Waals surface area (Å²) in [4.78, 5) is 0. The molecule has 0 bridgehead atoms. The molecule has 0 amide bonds. The van der Waals surface area contributed by atoms with Gasteiger partial charge in [0.1, 0.15) is 0 Å².